The molecule has 1 aromatic carbocycles. The summed E-state index contributed by atoms with van der Waals surface area (Å²) >= 11 is 8.96. The van der Waals surface area contributed by atoms with Gasteiger partial charge in [-0.2, -0.15) is 0 Å². The molecule has 0 heterocycles. The predicted octanol–water partition coefficient (Wildman–Crippen LogP) is 3.45. The van der Waals surface area contributed by atoms with E-state index in [4.69, 9.17) is 11.6 Å². The zero-order valence-electron chi connectivity index (χ0n) is 6.35. The molecule has 0 fully saturated rings. The number of benzene rings is 1. The lowest BCUT2D eigenvalue weighted by Crippen LogP contribution is -1.84. The van der Waals surface area contributed by atoms with E-state index in [2.05, 4.69) is 22.5 Å². The van der Waals surface area contributed by atoms with Crippen LogP contribution in [-0.4, -0.2) is 10.4 Å². The van der Waals surface area contributed by atoms with Crippen LogP contribution in [0.5, 0.6) is 5.75 Å². The molecule has 64 valence electrons. The number of phenols is 1. The van der Waals surface area contributed by atoms with Gasteiger partial charge in [-0.15, -0.1) is 0 Å². The topological polar surface area (TPSA) is 20.2 Å². The smallest absolute Gasteiger partial charge is 0.141 e. The summed E-state index contributed by atoms with van der Waals surface area (Å²) in [4.78, 5) is 0. The minimum absolute atomic E-state index is 0.101. The number of para-hydroxylation sites is 1. The molecule has 0 amide bonds. The van der Waals surface area contributed by atoms with Gasteiger partial charge in [-0.25, -0.2) is 0 Å². The van der Waals surface area contributed by atoms with E-state index in [9.17, 15) is 5.11 Å². The van der Waals surface area contributed by atoms with Crippen LogP contribution < -0.4 is 0 Å². The lowest BCUT2D eigenvalue weighted by Gasteiger charge is -2.05. The first kappa shape index (κ1) is 9.62. The minimum atomic E-state index is 0.101. The molecule has 0 aliphatic carbocycles. The number of allylic oxidation sites excluding steroid dienone is 1. The van der Waals surface area contributed by atoms with Crippen molar-refractivity contribution in [1.29, 1.82) is 0 Å². The molecule has 1 N–H and O–H groups in total. The van der Waals surface area contributed by atoms with Crippen molar-refractivity contribution in [3.63, 3.8) is 0 Å². The molecule has 0 bridgehead atoms. The first-order valence-electron chi connectivity index (χ1n) is 3.38. The van der Waals surface area contributed by atoms with E-state index in [0.29, 0.717) is 15.9 Å². The van der Waals surface area contributed by atoms with Crippen molar-refractivity contribution in [3.8, 4) is 5.75 Å². The first-order chi connectivity index (χ1) is 5.66. The molecule has 0 unspecified atom stereocenters. The normalized spacial score (nSPS) is 9.83. The molecule has 0 aliphatic heterocycles. The molecular formula is C9H8BrClO. The van der Waals surface area contributed by atoms with Crippen molar-refractivity contribution in [3.05, 3.63) is 35.4 Å². The third-order valence-electron chi connectivity index (χ3n) is 1.53. The second kappa shape index (κ2) is 3.97. The highest BCUT2D eigenvalue weighted by atomic mass is 79.9. The maximum Gasteiger partial charge on any atom is 0.141 e. The Hall–Kier alpha value is -0.470. The predicted molar refractivity (Wildman–Crippen MR) is 55.9 cm³/mol. The van der Waals surface area contributed by atoms with Crippen LogP contribution in [0.3, 0.4) is 0 Å². The maximum atomic E-state index is 9.49. The van der Waals surface area contributed by atoms with Crippen LogP contribution in [0.15, 0.2) is 24.8 Å². The van der Waals surface area contributed by atoms with Crippen LogP contribution >= 0.6 is 27.5 Å². The highest BCUT2D eigenvalue weighted by Crippen LogP contribution is 2.31. The summed E-state index contributed by atoms with van der Waals surface area (Å²) in [5, 5.41) is 10.5. The molecule has 0 saturated carbocycles. The fourth-order valence-electron chi connectivity index (χ4n) is 0.873. The summed E-state index contributed by atoms with van der Waals surface area (Å²) in [6.07, 6.45) is 0. The van der Waals surface area contributed by atoms with Gasteiger partial charge in [-0.05, 0) is 11.6 Å². The largest absolute Gasteiger partial charge is 0.506 e. The Kier molecular flexibility index (Phi) is 3.18. The number of rotatable bonds is 2. The molecule has 3 heteroatoms. The summed E-state index contributed by atoms with van der Waals surface area (Å²) in [6, 6.07) is 5.21. The molecule has 0 aliphatic rings. The minimum Gasteiger partial charge on any atom is -0.506 e. The Morgan fingerprint density at radius 3 is 2.83 bits per heavy atom. The van der Waals surface area contributed by atoms with Crippen LogP contribution in [-0.2, 0) is 0 Å². The lowest BCUT2D eigenvalue weighted by atomic mass is 10.1. The average Bonchev–Trinajstić information content (AvgIpc) is 2.08. The molecule has 1 aromatic rings. The van der Waals surface area contributed by atoms with Gasteiger partial charge in [0.1, 0.15) is 5.75 Å². The van der Waals surface area contributed by atoms with E-state index in [1.54, 1.807) is 18.2 Å². The van der Waals surface area contributed by atoms with Gasteiger partial charge in [0.2, 0.25) is 0 Å². The van der Waals surface area contributed by atoms with Gasteiger partial charge in [-0.1, -0.05) is 46.2 Å². The Morgan fingerprint density at radius 1 is 1.58 bits per heavy atom. The Labute approximate surface area is 84.8 Å². The molecule has 0 atom stereocenters. The van der Waals surface area contributed by atoms with Crippen molar-refractivity contribution in [2.24, 2.45) is 0 Å². The molecule has 0 radical (unpaired) electrons. The van der Waals surface area contributed by atoms with Crippen LogP contribution in [0, 0.1) is 0 Å². The number of halogens is 2. The standard InChI is InChI=1S/C9H8BrClO/c1-6(5-10)7-3-2-4-8(11)9(7)12/h2-4,12H,1,5H2. The molecule has 1 rings (SSSR count). The highest BCUT2D eigenvalue weighted by molar-refractivity contribution is 9.09. The number of alkyl halides is 1. The monoisotopic (exact) mass is 246 g/mol. The van der Waals surface area contributed by atoms with Crippen LogP contribution in [0.2, 0.25) is 5.02 Å². The number of hydrogen-bond acceptors (Lipinski definition) is 1. The third kappa shape index (κ3) is 1.82. The SMILES string of the molecule is C=C(CBr)c1cccc(Cl)c1O. The second-order valence-electron chi connectivity index (χ2n) is 2.37. The van der Waals surface area contributed by atoms with E-state index in [1.807, 2.05) is 0 Å². The zero-order chi connectivity index (χ0) is 9.14. The van der Waals surface area contributed by atoms with Crippen molar-refractivity contribution in [2.45, 2.75) is 0 Å². The molecule has 0 aromatic heterocycles. The Morgan fingerprint density at radius 2 is 2.25 bits per heavy atom. The van der Waals surface area contributed by atoms with E-state index < -0.39 is 0 Å². The molecular weight excluding hydrogens is 239 g/mol. The third-order valence-corrected chi connectivity index (χ3v) is 2.51. The van der Waals surface area contributed by atoms with Gasteiger partial charge in [0.15, 0.2) is 0 Å². The molecule has 0 spiro atoms. The summed E-state index contributed by atoms with van der Waals surface area (Å²) in [5.41, 5.74) is 1.51. The van der Waals surface area contributed by atoms with Gasteiger partial charge in [0.05, 0.1) is 5.02 Å². The molecule has 0 saturated heterocycles. The van der Waals surface area contributed by atoms with Gasteiger partial charge < -0.3 is 5.11 Å². The lowest BCUT2D eigenvalue weighted by molar-refractivity contribution is 0.474. The maximum absolute atomic E-state index is 9.49. The highest BCUT2D eigenvalue weighted by Gasteiger charge is 2.06. The Balaban J connectivity index is 3.16. The number of hydrogen-bond donors (Lipinski definition) is 1. The summed E-state index contributed by atoms with van der Waals surface area (Å²) in [6.45, 7) is 3.78. The number of aromatic hydroxyl groups is 1. The zero-order valence-corrected chi connectivity index (χ0v) is 8.69. The van der Waals surface area contributed by atoms with Crippen LogP contribution in [0.4, 0.5) is 0 Å². The van der Waals surface area contributed by atoms with Gasteiger partial charge in [0.25, 0.3) is 0 Å². The Bertz CT molecular complexity index is 309. The quantitative estimate of drug-likeness (QED) is 0.794. The van der Waals surface area contributed by atoms with Crippen molar-refractivity contribution < 1.29 is 5.11 Å². The van der Waals surface area contributed by atoms with E-state index in [0.717, 1.165) is 5.57 Å². The van der Waals surface area contributed by atoms with E-state index in [-0.39, 0.29) is 5.75 Å². The summed E-state index contributed by atoms with van der Waals surface area (Å²) in [5.74, 6) is 0.101. The van der Waals surface area contributed by atoms with Crippen LogP contribution in [0.25, 0.3) is 5.57 Å². The fraction of sp³-hybridized carbons (Fsp3) is 0.111. The first-order valence-corrected chi connectivity index (χ1v) is 4.88. The summed E-state index contributed by atoms with van der Waals surface area (Å²) in [7, 11) is 0. The van der Waals surface area contributed by atoms with E-state index in [1.165, 1.54) is 0 Å². The van der Waals surface area contributed by atoms with Crippen LogP contribution in [0.1, 0.15) is 5.56 Å². The van der Waals surface area contributed by atoms with E-state index >= 15 is 0 Å². The summed E-state index contributed by atoms with van der Waals surface area (Å²) < 4.78 is 0. The van der Waals surface area contributed by atoms with Gasteiger partial charge in [-0.3, -0.25) is 0 Å². The van der Waals surface area contributed by atoms with Crippen molar-refractivity contribution >= 4 is 33.1 Å². The van der Waals surface area contributed by atoms with Gasteiger partial charge in [0, 0.05) is 10.9 Å². The average molecular weight is 248 g/mol. The molecule has 12 heavy (non-hydrogen) atoms. The number of phenolic OH excluding ortho intramolecular Hbond substituents is 1. The van der Waals surface area contributed by atoms with Crippen molar-refractivity contribution in [2.75, 3.05) is 5.33 Å². The second-order valence-corrected chi connectivity index (χ2v) is 3.34. The molecule has 1 nitrogen and oxygen atoms in total. The fourth-order valence-corrected chi connectivity index (χ4v) is 1.35. The van der Waals surface area contributed by atoms with Crippen molar-refractivity contribution in [1.82, 2.24) is 0 Å². The van der Waals surface area contributed by atoms with Gasteiger partial charge >= 0.3 is 0 Å².